The largest absolute Gasteiger partial charge is 0.350 e. The van der Waals surface area contributed by atoms with Gasteiger partial charge in [-0.05, 0) is 43.9 Å². The van der Waals surface area contributed by atoms with Gasteiger partial charge in [-0.3, -0.25) is 0 Å². The second-order valence-corrected chi connectivity index (χ2v) is 10.1. The molecule has 1 aliphatic carbocycles. The van der Waals surface area contributed by atoms with E-state index in [1.54, 1.807) is 29.2 Å². The molecule has 3 fully saturated rings. The average molecular weight is 409 g/mol. The normalized spacial score (nSPS) is 24.6. The van der Waals surface area contributed by atoms with Crippen LogP contribution in [0.15, 0.2) is 29.2 Å². The number of carbonyl (C=O) groups is 1. The van der Waals surface area contributed by atoms with Crippen LogP contribution in [0.1, 0.15) is 38.5 Å². The molecular weight excluding hydrogens is 380 g/mol. The maximum absolute atomic E-state index is 12.8. The standard InChI is InChI=1S/C20H28N2O5S/c23-20(22-10-4-5-15(14-22)19-26-11-12-27-19)21-16-6-3-9-18(13-16)28(24,25)17-7-1-2-8-17/h3,6,9,13,15,17,19H,1-2,4-5,7-8,10-12,14H2,(H,21,23). The third-order valence-corrected chi connectivity index (χ3v) is 8.19. The summed E-state index contributed by atoms with van der Waals surface area (Å²) in [6.07, 6.45) is 5.02. The fraction of sp³-hybridized carbons (Fsp3) is 0.650. The molecule has 0 aromatic heterocycles. The van der Waals surface area contributed by atoms with E-state index in [9.17, 15) is 13.2 Å². The summed E-state index contributed by atoms with van der Waals surface area (Å²) in [5.74, 6) is 0.177. The monoisotopic (exact) mass is 408 g/mol. The van der Waals surface area contributed by atoms with E-state index in [-0.39, 0.29) is 23.5 Å². The molecule has 2 aliphatic heterocycles. The summed E-state index contributed by atoms with van der Waals surface area (Å²) in [6, 6.07) is 6.41. The van der Waals surface area contributed by atoms with Gasteiger partial charge in [0.1, 0.15) is 0 Å². The summed E-state index contributed by atoms with van der Waals surface area (Å²) in [5.41, 5.74) is 0.513. The van der Waals surface area contributed by atoms with Crippen LogP contribution in [0, 0.1) is 5.92 Å². The average Bonchev–Trinajstić information content (AvgIpc) is 3.42. The molecule has 3 aliphatic rings. The Morgan fingerprint density at radius 1 is 1.07 bits per heavy atom. The Morgan fingerprint density at radius 2 is 1.82 bits per heavy atom. The van der Waals surface area contributed by atoms with Crippen LogP contribution in [-0.2, 0) is 19.3 Å². The Labute approximate surface area is 166 Å². The van der Waals surface area contributed by atoms with Gasteiger partial charge in [0.15, 0.2) is 16.1 Å². The summed E-state index contributed by atoms with van der Waals surface area (Å²) in [6.45, 7) is 2.47. The molecule has 2 heterocycles. The molecule has 1 aromatic rings. The zero-order valence-electron chi connectivity index (χ0n) is 16.0. The van der Waals surface area contributed by atoms with Crippen molar-refractivity contribution in [3.8, 4) is 0 Å². The van der Waals surface area contributed by atoms with Gasteiger partial charge in [-0.1, -0.05) is 18.9 Å². The molecule has 0 bridgehead atoms. The number of sulfone groups is 1. The molecule has 1 atom stereocenters. The number of hydrogen-bond acceptors (Lipinski definition) is 5. The second kappa shape index (κ2) is 8.39. The highest BCUT2D eigenvalue weighted by molar-refractivity contribution is 7.92. The van der Waals surface area contributed by atoms with Gasteiger partial charge in [-0.2, -0.15) is 0 Å². The van der Waals surface area contributed by atoms with Crippen molar-refractivity contribution in [3.63, 3.8) is 0 Å². The van der Waals surface area contributed by atoms with Gasteiger partial charge in [0, 0.05) is 24.7 Å². The summed E-state index contributed by atoms with van der Waals surface area (Å²) in [7, 11) is -3.34. The number of hydrogen-bond donors (Lipinski definition) is 1. The summed E-state index contributed by atoms with van der Waals surface area (Å²) >= 11 is 0. The van der Waals surface area contributed by atoms with Crippen LogP contribution < -0.4 is 5.32 Å². The Morgan fingerprint density at radius 3 is 2.57 bits per heavy atom. The van der Waals surface area contributed by atoms with Gasteiger partial charge in [0.05, 0.1) is 23.4 Å². The molecule has 28 heavy (non-hydrogen) atoms. The quantitative estimate of drug-likeness (QED) is 0.828. The van der Waals surface area contributed by atoms with E-state index >= 15 is 0 Å². The molecule has 0 spiro atoms. The van der Waals surface area contributed by atoms with E-state index in [1.165, 1.54) is 0 Å². The van der Waals surface area contributed by atoms with Gasteiger partial charge in [0.2, 0.25) is 0 Å². The van der Waals surface area contributed by atoms with E-state index in [1.807, 2.05) is 0 Å². The van der Waals surface area contributed by atoms with Crippen LogP contribution in [0.2, 0.25) is 0 Å². The zero-order chi connectivity index (χ0) is 19.6. The van der Waals surface area contributed by atoms with Gasteiger partial charge in [-0.25, -0.2) is 13.2 Å². The maximum Gasteiger partial charge on any atom is 0.321 e. The van der Waals surface area contributed by atoms with Crippen LogP contribution >= 0.6 is 0 Å². The number of benzene rings is 1. The first-order chi connectivity index (χ1) is 13.5. The first kappa shape index (κ1) is 19.7. The Bertz CT molecular complexity index is 801. The Kier molecular flexibility index (Phi) is 5.89. The van der Waals surface area contributed by atoms with Crippen molar-refractivity contribution in [2.24, 2.45) is 5.92 Å². The van der Waals surface area contributed by atoms with Crippen LogP contribution in [0.25, 0.3) is 0 Å². The lowest BCUT2D eigenvalue weighted by atomic mass is 9.98. The van der Waals surface area contributed by atoms with E-state index in [0.29, 0.717) is 36.9 Å². The first-order valence-corrected chi connectivity index (χ1v) is 11.7. The molecular formula is C20H28N2O5S. The van der Waals surface area contributed by atoms with Gasteiger partial charge >= 0.3 is 6.03 Å². The van der Waals surface area contributed by atoms with E-state index in [4.69, 9.17) is 9.47 Å². The molecule has 0 radical (unpaired) electrons. The molecule has 4 rings (SSSR count). The third-order valence-electron chi connectivity index (χ3n) is 5.93. The van der Waals surface area contributed by atoms with Crippen molar-refractivity contribution in [2.45, 2.75) is 55.0 Å². The van der Waals surface area contributed by atoms with E-state index < -0.39 is 9.84 Å². The van der Waals surface area contributed by atoms with Gasteiger partial charge in [0.25, 0.3) is 0 Å². The van der Waals surface area contributed by atoms with Gasteiger partial charge in [-0.15, -0.1) is 0 Å². The minimum atomic E-state index is -3.34. The lowest BCUT2D eigenvalue weighted by Crippen LogP contribution is -2.45. The zero-order valence-corrected chi connectivity index (χ0v) is 16.8. The third kappa shape index (κ3) is 4.18. The molecule has 154 valence electrons. The molecule has 1 aromatic carbocycles. The highest BCUT2D eigenvalue weighted by Gasteiger charge is 2.33. The number of nitrogens with zero attached hydrogens (tertiary/aromatic N) is 1. The minimum absolute atomic E-state index is 0.177. The van der Waals surface area contributed by atoms with Crippen molar-refractivity contribution in [1.29, 1.82) is 0 Å². The number of piperidine rings is 1. The highest BCUT2D eigenvalue weighted by atomic mass is 32.2. The summed E-state index contributed by atoms with van der Waals surface area (Å²) < 4.78 is 36.8. The Balaban J connectivity index is 1.41. The molecule has 1 saturated carbocycles. The lowest BCUT2D eigenvalue weighted by Gasteiger charge is -2.34. The van der Waals surface area contributed by atoms with Crippen LogP contribution in [0.3, 0.4) is 0 Å². The minimum Gasteiger partial charge on any atom is -0.350 e. The Hall–Kier alpha value is -1.64. The lowest BCUT2D eigenvalue weighted by molar-refractivity contribution is -0.0959. The highest BCUT2D eigenvalue weighted by Crippen LogP contribution is 2.31. The molecule has 7 nitrogen and oxygen atoms in total. The number of urea groups is 1. The van der Waals surface area contributed by atoms with Crippen molar-refractivity contribution in [3.05, 3.63) is 24.3 Å². The van der Waals surface area contributed by atoms with Crippen LogP contribution in [0.4, 0.5) is 10.5 Å². The van der Waals surface area contributed by atoms with Crippen molar-refractivity contribution >= 4 is 21.6 Å². The number of amides is 2. The van der Waals surface area contributed by atoms with Crippen LogP contribution in [0.5, 0.6) is 0 Å². The smallest absolute Gasteiger partial charge is 0.321 e. The first-order valence-electron chi connectivity index (χ1n) is 10.2. The predicted octanol–water partition coefficient (Wildman–Crippen LogP) is 3.02. The summed E-state index contributed by atoms with van der Waals surface area (Å²) in [4.78, 5) is 14.8. The van der Waals surface area contributed by atoms with E-state index in [2.05, 4.69) is 5.32 Å². The number of ether oxygens (including phenoxy) is 2. The van der Waals surface area contributed by atoms with Gasteiger partial charge < -0.3 is 19.7 Å². The number of nitrogens with one attached hydrogen (secondary N) is 1. The number of carbonyl (C=O) groups excluding carboxylic acids is 1. The molecule has 8 heteroatoms. The number of likely N-dealkylation sites (tertiary alicyclic amines) is 1. The summed E-state index contributed by atoms with van der Waals surface area (Å²) in [5, 5.41) is 2.57. The molecule has 1 N–H and O–H groups in total. The topological polar surface area (TPSA) is 84.9 Å². The fourth-order valence-corrected chi connectivity index (χ4v) is 6.31. The van der Waals surface area contributed by atoms with Crippen molar-refractivity contribution < 1.29 is 22.7 Å². The molecule has 1 unspecified atom stereocenters. The fourth-order valence-electron chi connectivity index (χ4n) is 4.41. The second-order valence-electron chi connectivity index (χ2n) is 7.87. The van der Waals surface area contributed by atoms with Crippen molar-refractivity contribution in [2.75, 3.05) is 31.6 Å². The maximum atomic E-state index is 12.8. The number of rotatable bonds is 4. The number of anilines is 1. The van der Waals surface area contributed by atoms with E-state index in [0.717, 1.165) is 38.5 Å². The predicted molar refractivity (Wildman–Crippen MR) is 105 cm³/mol. The molecule has 2 amide bonds. The van der Waals surface area contributed by atoms with Crippen molar-refractivity contribution in [1.82, 2.24) is 4.90 Å². The SMILES string of the molecule is O=C(Nc1cccc(S(=O)(=O)C2CCCC2)c1)N1CCCC(C2OCCO2)C1. The van der Waals surface area contributed by atoms with Crippen LogP contribution in [-0.4, -0.2) is 57.2 Å². The molecule has 2 saturated heterocycles.